The zero-order chi connectivity index (χ0) is 24.8. The molecular weight excluding hydrogens is 444 g/mol. The molecular formula is C28H27N2O5+. The Hall–Kier alpha value is -4.20. The number of aryl methyl sites for hydroxylation is 1. The Kier molecular flexibility index (Phi) is 7.40. The summed E-state index contributed by atoms with van der Waals surface area (Å²) in [5.74, 6) is 0.305. The van der Waals surface area contributed by atoms with Gasteiger partial charge in [0.25, 0.3) is 0 Å². The van der Waals surface area contributed by atoms with Crippen molar-refractivity contribution in [3.8, 4) is 5.75 Å². The number of pyridine rings is 1. The molecule has 3 aromatic rings. The van der Waals surface area contributed by atoms with Crippen molar-refractivity contribution in [3.05, 3.63) is 108 Å². The molecule has 0 radical (unpaired) electrons. The number of hydrogen-bond donors (Lipinski definition) is 2. The fraction of sp³-hybridized carbons (Fsp3) is 0.143. The lowest BCUT2D eigenvalue weighted by Crippen LogP contribution is -2.32. The van der Waals surface area contributed by atoms with E-state index in [1.807, 2.05) is 78.8 Å². The van der Waals surface area contributed by atoms with Crippen molar-refractivity contribution in [2.45, 2.75) is 13.5 Å². The number of carbonyl (C=O) groups is 1. The summed E-state index contributed by atoms with van der Waals surface area (Å²) in [6.45, 7) is 2.52. The van der Waals surface area contributed by atoms with Crippen LogP contribution in [0.2, 0.25) is 0 Å². The van der Waals surface area contributed by atoms with Crippen molar-refractivity contribution in [2.75, 3.05) is 18.6 Å². The summed E-state index contributed by atoms with van der Waals surface area (Å²) in [7, 11) is 1.94. The van der Waals surface area contributed by atoms with Crippen LogP contribution in [0.25, 0.3) is 16.5 Å². The lowest BCUT2D eigenvalue weighted by atomic mass is 10.00. The molecule has 1 aliphatic heterocycles. The summed E-state index contributed by atoms with van der Waals surface area (Å²) >= 11 is 0. The number of carboxylic acids is 1. The Morgan fingerprint density at radius 2 is 1.89 bits per heavy atom. The van der Waals surface area contributed by atoms with Crippen molar-refractivity contribution >= 4 is 28.1 Å². The zero-order valence-corrected chi connectivity index (χ0v) is 19.6. The maximum atomic E-state index is 11.4. The van der Waals surface area contributed by atoms with Gasteiger partial charge in [0.1, 0.15) is 13.2 Å². The maximum absolute atomic E-state index is 11.4. The number of nitrogens with zero attached hydrogens (tertiary/aromatic N) is 2. The highest BCUT2D eigenvalue weighted by molar-refractivity contribution is 5.93. The number of para-hydroxylation sites is 3. The van der Waals surface area contributed by atoms with Crippen LogP contribution in [0.4, 0.5) is 5.69 Å². The molecule has 7 heteroatoms. The third-order valence-corrected chi connectivity index (χ3v) is 5.82. The van der Waals surface area contributed by atoms with Crippen LogP contribution in [0.3, 0.4) is 0 Å². The Bertz CT molecular complexity index is 1370. The Labute approximate surface area is 203 Å². The van der Waals surface area contributed by atoms with Crippen LogP contribution in [-0.4, -0.2) is 30.0 Å². The van der Waals surface area contributed by atoms with E-state index in [9.17, 15) is 9.90 Å². The molecule has 0 saturated carbocycles. The molecule has 4 rings (SSSR count). The summed E-state index contributed by atoms with van der Waals surface area (Å²) < 4.78 is 8.19. The Balaban J connectivity index is 1.80. The van der Waals surface area contributed by atoms with Crippen LogP contribution >= 0.6 is 0 Å². The highest BCUT2D eigenvalue weighted by Gasteiger charge is 2.21. The van der Waals surface area contributed by atoms with E-state index in [0.29, 0.717) is 5.88 Å². The normalized spacial score (nSPS) is 15.2. The highest BCUT2D eigenvalue weighted by atomic mass is 17.1. The molecule has 0 saturated heterocycles. The zero-order valence-electron chi connectivity index (χ0n) is 19.6. The summed E-state index contributed by atoms with van der Waals surface area (Å²) in [4.78, 5) is 17.4. The van der Waals surface area contributed by atoms with Gasteiger partial charge in [-0.25, -0.2) is 9.68 Å². The molecule has 1 aromatic heterocycles. The smallest absolute Gasteiger partial charge is 0.334 e. The van der Waals surface area contributed by atoms with E-state index in [0.717, 1.165) is 40.0 Å². The lowest BCUT2D eigenvalue weighted by molar-refractivity contribution is -0.667. The topological polar surface area (TPSA) is 83.1 Å². The molecule has 2 aromatic carbocycles. The molecule has 0 fully saturated rings. The van der Waals surface area contributed by atoms with Gasteiger partial charge in [-0.15, -0.1) is 0 Å². The predicted octanol–water partition coefficient (Wildman–Crippen LogP) is 4.96. The number of rotatable bonds is 8. The summed E-state index contributed by atoms with van der Waals surface area (Å²) in [6.07, 6.45) is 10.8. The second kappa shape index (κ2) is 10.8. The van der Waals surface area contributed by atoms with E-state index in [1.165, 1.54) is 6.08 Å². The minimum atomic E-state index is -1.16. The standard InChI is InChI=1S/C28H26N2O5/c1-3-30-18-17-22(23-11-4-5-12-24(23)30)20(9-8-10-21(19-34-33)28(31)32)15-16-27-29(2)25-13-6-7-14-26(25)35-27/h4-18H,3,19H2,1-2H3,(H-,31,32,33)/p+1. The quantitative estimate of drug-likeness (QED) is 0.159. The number of fused-ring (bicyclic) bond motifs is 2. The first kappa shape index (κ1) is 23.9. The van der Waals surface area contributed by atoms with Crippen LogP contribution in [0.15, 0.2) is 103 Å². The summed E-state index contributed by atoms with van der Waals surface area (Å²) in [6, 6.07) is 18.0. The van der Waals surface area contributed by atoms with Gasteiger partial charge in [-0.2, -0.15) is 4.57 Å². The molecule has 0 unspecified atom stereocenters. The van der Waals surface area contributed by atoms with Gasteiger partial charge >= 0.3 is 5.97 Å². The van der Waals surface area contributed by atoms with Gasteiger partial charge in [-0.3, -0.25) is 5.26 Å². The Morgan fingerprint density at radius 3 is 2.63 bits per heavy atom. The first-order valence-electron chi connectivity index (χ1n) is 11.2. The van der Waals surface area contributed by atoms with E-state index in [1.54, 1.807) is 6.08 Å². The average molecular weight is 472 g/mol. The summed E-state index contributed by atoms with van der Waals surface area (Å²) in [5.41, 5.74) is 3.85. The second-order valence-corrected chi connectivity index (χ2v) is 7.92. The van der Waals surface area contributed by atoms with Gasteiger partial charge in [0.15, 0.2) is 17.8 Å². The minimum Gasteiger partial charge on any atom is -0.478 e. The van der Waals surface area contributed by atoms with Gasteiger partial charge in [-0.05, 0) is 48.9 Å². The lowest BCUT2D eigenvalue weighted by Gasteiger charge is -2.11. The van der Waals surface area contributed by atoms with E-state index >= 15 is 0 Å². The molecule has 2 heterocycles. The van der Waals surface area contributed by atoms with Crippen molar-refractivity contribution in [1.82, 2.24) is 0 Å². The van der Waals surface area contributed by atoms with Crippen LogP contribution in [0, 0.1) is 0 Å². The fourth-order valence-electron chi connectivity index (χ4n) is 3.99. The molecule has 0 spiro atoms. The number of benzene rings is 2. The molecule has 7 nitrogen and oxygen atoms in total. The third-order valence-electron chi connectivity index (χ3n) is 5.82. The second-order valence-electron chi connectivity index (χ2n) is 7.92. The molecule has 35 heavy (non-hydrogen) atoms. The number of aliphatic carboxylic acids is 1. The van der Waals surface area contributed by atoms with Crippen molar-refractivity contribution < 1.29 is 29.3 Å². The van der Waals surface area contributed by atoms with E-state index in [2.05, 4.69) is 28.5 Å². The molecule has 2 N–H and O–H groups in total. The van der Waals surface area contributed by atoms with Crippen LogP contribution in [-0.2, 0) is 16.2 Å². The number of allylic oxidation sites excluding steroid dienone is 6. The van der Waals surface area contributed by atoms with Crippen LogP contribution in [0.5, 0.6) is 5.75 Å². The SMILES string of the molecule is CC[n+]1ccc(C(C=CC=C(COO)C(=O)O)=CC=C2Oc3ccccc3N2C)c2ccccc21. The molecule has 0 bridgehead atoms. The first-order chi connectivity index (χ1) is 17.0. The Morgan fingerprint density at radius 1 is 1.11 bits per heavy atom. The van der Waals surface area contributed by atoms with Gasteiger partial charge in [-0.1, -0.05) is 36.4 Å². The first-order valence-corrected chi connectivity index (χ1v) is 11.2. The molecule has 1 aliphatic rings. The van der Waals surface area contributed by atoms with Crippen LogP contribution in [0.1, 0.15) is 12.5 Å². The predicted molar refractivity (Wildman–Crippen MR) is 135 cm³/mol. The average Bonchev–Trinajstić information content (AvgIpc) is 3.20. The summed E-state index contributed by atoms with van der Waals surface area (Å²) in [5, 5.41) is 19.0. The minimum absolute atomic E-state index is 0.0718. The number of hydrogen-bond acceptors (Lipinski definition) is 5. The monoisotopic (exact) mass is 471 g/mol. The number of ether oxygens (including phenoxy) is 1. The molecule has 178 valence electrons. The number of anilines is 1. The van der Waals surface area contributed by atoms with E-state index in [-0.39, 0.29) is 5.57 Å². The highest BCUT2D eigenvalue weighted by Crippen LogP contribution is 2.37. The molecule has 0 amide bonds. The van der Waals surface area contributed by atoms with Gasteiger partial charge in [0.2, 0.25) is 5.52 Å². The van der Waals surface area contributed by atoms with Gasteiger partial charge in [0, 0.05) is 24.7 Å². The van der Waals surface area contributed by atoms with Gasteiger partial charge < -0.3 is 14.7 Å². The van der Waals surface area contributed by atoms with Crippen molar-refractivity contribution in [3.63, 3.8) is 0 Å². The number of aromatic nitrogens is 1. The van der Waals surface area contributed by atoms with Crippen molar-refractivity contribution in [1.29, 1.82) is 0 Å². The largest absolute Gasteiger partial charge is 0.478 e. The van der Waals surface area contributed by atoms with E-state index in [4.69, 9.17) is 9.99 Å². The fourth-order valence-corrected chi connectivity index (χ4v) is 3.99. The van der Waals surface area contributed by atoms with Crippen molar-refractivity contribution in [2.24, 2.45) is 0 Å². The van der Waals surface area contributed by atoms with Gasteiger partial charge in [0.05, 0.1) is 16.6 Å². The third kappa shape index (κ3) is 5.16. The van der Waals surface area contributed by atoms with E-state index < -0.39 is 12.6 Å². The maximum Gasteiger partial charge on any atom is 0.334 e. The van der Waals surface area contributed by atoms with Crippen LogP contribution < -0.4 is 14.2 Å². The number of carboxylic acid groups (broad SMARTS) is 1. The molecule has 0 atom stereocenters. The molecule has 0 aliphatic carbocycles.